The number of hydrogen-bond donors (Lipinski definition) is 0. The standard InChI is InChI=1S/C13H12N2S/c1-2-10-3-4-12-11(9-10)13(5-7-15-12)16-8-6-14/h3-5,7,9H,2,8H2,1H3. The Morgan fingerprint density at radius 2 is 2.25 bits per heavy atom. The Bertz CT molecular complexity index is 543. The number of aromatic nitrogens is 1. The first kappa shape index (κ1) is 11.0. The molecule has 0 N–H and O–H groups in total. The van der Waals surface area contributed by atoms with Crippen molar-refractivity contribution in [3.63, 3.8) is 0 Å². The third kappa shape index (κ3) is 2.17. The molecule has 1 aromatic carbocycles. The van der Waals surface area contributed by atoms with Gasteiger partial charge in [-0.3, -0.25) is 4.98 Å². The van der Waals surface area contributed by atoms with Crippen LogP contribution in [0.4, 0.5) is 0 Å². The molecule has 2 nitrogen and oxygen atoms in total. The Kier molecular flexibility index (Phi) is 3.43. The van der Waals surface area contributed by atoms with Crippen LogP contribution in [0.2, 0.25) is 0 Å². The van der Waals surface area contributed by atoms with Gasteiger partial charge in [-0.15, -0.1) is 11.8 Å². The third-order valence-electron chi connectivity index (χ3n) is 2.47. The summed E-state index contributed by atoms with van der Waals surface area (Å²) in [5.74, 6) is 0.482. The number of aryl methyl sites for hydroxylation is 1. The summed E-state index contributed by atoms with van der Waals surface area (Å²) in [5, 5.41) is 9.77. The number of rotatable bonds is 3. The fourth-order valence-electron chi connectivity index (χ4n) is 1.62. The third-order valence-corrected chi connectivity index (χ3v) is 3.41. The number of hydrogen-bond acceptors (Lipinski definition) is 3. The summed E-state index contributed by atoms with van der Waals surface area (Å²) >= 11 is 1.57. The van der Waals surface area contributed by atoms with Crippen LogP contribution < -0.4 is 0 Å². The van der Waals surface area contributed by atoms with Gasteiger partial charge in [-0.05, 0) is 30.2 Å². The molecule has 0 aliphatic carbocycles. The molecule has 3 heteroatoms. The topological polar surface area (TPSA) is 36.7 Å². The molecular formula is C13H12N2S. The lowest BCUT2D eigenvalue weighted by atomic mass is 10.1. The molecular weight excluding hydrogens is 216 g/mol. The molecule has 0 fully saturated rings. The zero-order valence-electron chi connectivity index (χ0n) is 9.10. The fourth-order valence-corrected chi connectivity index (χ4v) is 2.32. The minimum atomic E-state index is 0.482. The van der Waals surface area contributed by atoms with Crippen LogP contribution in [0.3, 0.4) is 0 Å². The van der Waals surface area contributed by atoms with Gasteiger partial charge in [0.25, 0.3) is 0 Å². The highest BCUT2D eigenvalue weighted by atomic mass is 32.2. The molecule has 0 saturated carbocycles. The van der Waals surface area contributed by atoms with Gasteiger partial charge in [0.1, 0.15) is 0 Å². The predicted octanol–water partition coefficient (Wildman–Crippen LogP) is 3.41. The van der Waals surface area contributed by atoms with Crippen LogP contribution in [0.15, 0.2) is 35.4 Å². The number of pyridine rings is 1. The molecule has 1 heterocycles. The summed E-state index contributed by atoms with van der Waals surface area (Å²) in [6, 6.07) is 10.4. The van der Waals surface area contributed by atoms with E-state index in [1.807, 2.05) is 12.1 Å². The van der Waals surface area contributed by atoms with E-state index in [2.05, 4.69) is 30.1 Å². The Morgan fingerprint density at radius 3 is 3.00 bits per heavy atom. The van der Waals surface area contributed by atoms with Crippen LogP contribution in [0, 0.1) is 11.3 Å². The average molecular weight is 228 g/mol. The molecule has 80 valence electrons. The van der Waals surface area contributed by atoms with E-state index in [0.717, 1.165) is 22.2 Å². The molecule has 0 atom stereocenters. The monoisotopic (exact) mass is 228 g/mol. The summed E-state index contributed by atoms with van der Waals surface area (Å²) in [4.78, 5) is 5.47. The quantitative estimate of drug-likeness (QED) is 0.755. The number of nitrogens with zero attached hydrogens (tertiary/aromatic N) is 2. The Hall–Kier alpha value is -1.53. The van der Waals surface area contributed by atoms with Gasteiger partial charge in [0.2, 0.25) is 0 Å². The molecule has 1 aromatic heterocycles. The van der Waals surface area contributed by atoms with Crippen LogP contribution in [-0.2, 0) is 6.42 Å². The van der Waals surface area contributed by atoms with E-state index >= 15 is 0 Å². The van der Waals surface area contributed by atoms with Gasteiger partial charge >= 0.3 is 0 Å². The normalized spacial score (nSPS) is 10.2. The van der Waals surface area contributed by atoms with Crippen LogP contribution in [0.1, 0.15) is 12.5 Å². The summed E-state index contributed by atoms with van der Waals surface area (Å²) in [5.41, 5.74) is 2.31. The predicted molar refractivity (Wildman–Crippen MR) is 67.5 cm³/mol. The minimum absolute atomic E-state index is 0.482. The van der Waals surface area contributed by atoms with E-state index < -0.39 is 0 Å². The lowest BCUT2D eigenvalue weighted by molar-refractivity contribution is 1.14. The second-order valence-electron chi connectivity index (χ2n) is 3.46. The molecule has 0 aliphatic rings. The van der Waals surface area contributed by atoms with E-state index in [1.165, 1.54) is 5.56 Å². The lowest BCUT2D eigenvalue weighted by Gasteiger charge is -2.05. The van der Waals surface area contributed by atoms with Crippen molar-refractivity contribution in [3.05, 3.63) is 36.0 Å². The second-order valence-corrected chi connectivity index (χ2v) is 4.48. The van der Waals surface area contributed by atoms with Crippen LogP contribution in [-0.4, -0.2) is 10.7 Å². The first-order valence-corrected chi connectivity index (χ1v) is 6.21. The number of nitriles is 1. The summed E-state index contributed by atoms with van der Waals surface area (Å²) in [6.45, 7) is 2.14. The molecule has 2 rings (SSSR count). The SMILES string of the molecule is CCc1ccc2nccc(SCC#N)c2c1. The largest absolute Gasteiger partial charge is 0.256 e. The Balaban J connectivity index is 2.51. The summed E-state index contributed by atoms with van der Waals surface area (Å²) in [7, 11) is 0. The Morgan fingerprint density at radius 1 is 1.38 bits per heavy atom. The lowest BCUT2D eigenvalue weighted by Crippen LogP contribution is -1.86. The number of thioether (sulfide) groups is 1. The maximum absolute atomic E-state index is 8.61. The molecule has 0 radical (unpaired) electrons. The van der Waals surface area contributed by atoms with Crippen molar-refractivity contribution in [2.24, 2.45) is 0 Å². The van der Waals surface area contributed by atoms with Crippen molar-refractivity contribution in [2.45, 2.75) is 18.2 Å². The van der Waals surface area contributed by atoms with E-state index in [-0.39, 0.29) is 0 Å². The highest BCUT2D eigenvalue weighted by Gasteiger charge is 2.03. The van der Waals surface area contributed by atoms with Gasteiger partial charge in [-0.1, -0.05) is 13.0 Å². The van der Waals surface area contributed by atoms with Crippen molar-refractivity contribution in [2.75, 3.05) is 5.75 Å². The maximum Gasteiger partial charge on any atom is 0.0855 e. The average Bonchev–Trinajstić information content (AvgIpc) is 2.35. The van der Waals surface area contributed by atoms with Crippen LogP contribution in [0.5, 0.6) is 0 Å². The maximum atomic E-state index is 8.61. The van der Waals surface area contributed by atoms with E-state index in [1.54, 1.807) is 18.0 Å². The highest BCUT2D eigenvalue weighted by Crippen LogP contribution is 2.27. The van der Waals surface area contributed by atoms with Gasteiger partial charge in [0, 0.05) is 16.5 Å². The first-order valence-electron chi connectivity index (χ1n) is 5.22. The van der Waals surface area contributed by atoms with Crippen molar-refractivity contribution in [1.29, 1.82) is 5.26 Å². The zero-order chi connectivity index (χ0) is 11.4. The van der Waals surface area contributed by atoms with E-state index in [0.29, 0.717) is 5.75 Å². The second kappa shape index (κ2) is 5.00. The van der Waals surface area contributed by atoms with Crippen molar-refractivity contribution in [1.82, 2.24) is 4.98 Å². The van der Waals surface area contributed by atoms with E-state index in [9.17, 15) is 0 Å². The molecule has 2 aromatic rings. The van der Waals surface area contributed by atoms with Crippen molar-refractivity contribution < 1.29 is 0 Å². The summed E-state index contributed by atoms with van der Waals surface area (Å²) in [6.07, 6.45) is 2.82. The molecule has 0 aliphatic heterocycles. The molecule has 0 amide bonds. The minimum Gasteiger partial charge on any atom is -0.256 e. The van der Waals surface area contributed by atoms with Crippen molar-refractivity contribution >= 4 is 22.7 Å². The smallest absolute Gasteiger partial charge is 0.0855 e. The van der Waals surface area contributed by atoms with Crippen LogP contribution in [0.25, 0.3) is 10.9 Å². The fraction of sp³-hybridized carbons (Fsp3) is 0.231. The van der Waals surface area contributed by atoms with Gasteiger partial charge in [0.05, 0.1) is 17.3 Å². The van der Waals surface area contributed by atoms with Gasteiger partial charge < -0.3 is 0 Å². The molecule has 0 spiro atoms. The van der Waals surface area contributed by atoms with Gasteiger partial charge in [-0.2, -0.15) is 5.26 Å². The van der Waals surface area contributed by atoms with Crippen molar-refractivity contribution in [3.8, 4) is 6.07 Å². The van der Waals surface area contributed by atoms with E-state index in [4.69, 9.17) is 5.26 Å². The zero-order valence-corrected chi connectivity index (χ0v) is 9.92. The Labute approximate surface area is 99.3 Å². The molecule has 16 heavy (non-hydrogen) atoms. The van der Waals surface area contributed by atoms with Crippen LogP contribution >= 0.6 is 11.8 Å². The highest BCUT2D eigenvalue weighted by molar-refractivity contribution is 7.99. The molecule has 0 unspecified atom stereocenters. The molecule has 0 saturated heterocycles. The first-order chi connectivity index (χ1) is 7.85. The van der Waals surface area contributed by atoms with Gasteiger partial charge in [0.15, 0.2) is 0 Å². The number of benzene rings is 1. The summed E-state index contributed by atoms with van der Waals surface area (Å²) < 4.78 is 0. The molecule has 0 bridgehead atoms. The number of fused-ring (bicyclic) bond motifs is 1. The van der Waals surface area contributed by atoms with Gasteiger partial charge in [-0.25, -0.2) is 0 Å².